The van der Waals surface area contributed by atoms with E-state index < -0.39 is 29.7 Å². The van der Waals surface area contributed by atoms with Crippen LogP contribution in [0.5, 0.6) is 0 Å². The average Bonchev–Trinajstić information content (AvgIpc) is 3.39. The molecule has 0 spiro atoms. The molecule has 2 amide bonds. The summed E-state index contributed by atoms with van der Waals surface area (Å²) in [5.74, 6) is -1.08. The van der Waals surface area contributed by atoms with Gasteiger partial charge in [0.15, 0.2) is 0 Å². The van der Waals surface area contributed by atoms with Crippen LogP contribution in [0.4, 0.5) is 24.5 Å². The molecule has 2 aliphatic heterocycles. The molecular weight excluding hydrogens is 405 g/mol. The van der Waals surface area contributed by atoms with Crippen molar-refractivity contribution in [3.8, 4) is 0 Å². The van der Waals surface area contributed by atoms with Gasteiger partial charge in [-0.1, -0.05) is 0 Å². The summed E-state index contributed by atoms with van der Waals surface area (Å²) in [7, 11) is 0. The lowest BCUT2D eigenvalue weighted by Crippen LogP contribution is -2.27. The van der Waals surface area contributed by atoms with Crippen molar-refractivity contribution in [2.24, 2.45) is 0 Å². The van der Waals surface area contributed by atoms with Gasteiger partial charge in [0.2, 0.25) is 5.91 Å². The molecule has 166 valence electrons. The Hall–Kier alpha value is -2.17. The van der Waals surface area contributed by atoms with E-state index in [0.29, 0.717) is 26.2 Å². The van der Waals surface area contributed by atoms with Crippen molar-refractivity contribution in [3.05, 3.63) is 23.8 Å². The van der Waals surface area contributed by atoms with Crippen molar-refractivity contribution in [1.29, 1.82) is 0 Å². The Balaban J connectivity index is 1.56. The van der Waals surface area contributed by atoms with E-state index in [-0.39, 0.29) is 30.5 Å². The molecule has 7 nitrogen and oxygen atoms in total. The molecule has 3 rings (SSSR count). The Morgan fingerprint density at radius 2 is 1.87 bits per heavy atom. The normalized spacial score (nSPS) is 21.6. The van der Waals surface area contributed by atoms with Gasteiger partial charge in [0.1, 0.15) is 6.10 Å². The quantitative estimate of drug-likeness (QED) is 0.618. The third kappa shape index (κ3) is 6.41. The number of carbonyl (C=O) groups excluding carboxylic acids is 2. The zero-order valence-electron chi connectivity index (χ0n) is 16.4. The Morgan fingerprint density at radius 1 is 1.10 bits per heavy atom. The first-order chi connectivity index (χ1) is 14.3. The number of anilines is 2. The summed E-state index contributed by atoms with van der Waals surface area (Å²) in [5, 5.41) is 4.71. The van der Waals surface area contributed by atoms with Crippen LogP contribution in [0.25, 0.3) is 0 Å². The highest BCUT2D eigenvalue weighted by molar-refractivity contribution is 5.96. The van der Waals surface area contributed by atoms with Crippen LogP contribution >= 0.6 is 0 Å². The monoisotopic (exact) mass is 430 g/mol. The zero-order valence-corrected chi connectivity index (χ0v) is 16.4. The van der Waals surface area contributed by atoms with E-state index >= 15 is 0 Å². The molecule has 1 aromatic carbocycles. The minimum Gasteiger partial charge on any atom is -0.378 e. The second-order valence-corrected chi connectivity index (χ2v) is 7.26. The summed E-state index contributed by atoms with van der Waals surface area (Å²) < 4.78 is 56.4. The molecule has 2 saturated heterocycles. The molecule has 0 saturated carbocycles. The molecule has 0 bridgehead atoms. The van der Waals surface area contributed by atoms with Crippen molar-refractivity contribution in [1.82, 2.24) is 0 Å². The first-order valence-corrected chi connectivity index (χ1v) is 9.96. The molecule has 2 aliphatic rings. The molecule has 30 heavy (non-hydrogen) atoms. The van der Waals surface area contributed by atoms with Crippen molar-refractivity contribution in [2.45, 2.75) is 50.5 Å². The van der Waals surface area contributed by atoms with E-state index in [1.165, 1.54) is 6.07 Å². The van der Waals surface area contributed by atoms with Crippen LogP contribution in [0.1, 0.15) is 37.7 Å². The third-order valence-electron chi connectivity index (χ3n) is 4.89. The molecule has 2 heterocycles. The summed E-state index contributed by atoms with van der Waals surface area (Å²) in [6.07, 6.45) is -2.30. The van der Waals surface area contributed by atoms with Gasteiger partial charge in [0.25, 0.3) is 5.91 Å². The highest BCUT2D eigenvalue weighted by atomic mass is 19.4. The summed E-state index contributed by atoms with van der Waals surface area (Å²) in [5.41, 5.74) is -1.43. The van der Waals surface area contributed by atoms with E-state index in [2.05, 4.69) is 10.6 Å². The second kappa shape index (κ2) is 10.2. The maximum Gasteiger partial charge on any atom is 0.418 e. The number of halogens is 3. The van der Waals surface area contributed by atoms with Crippen LogP contribution in [0, 0.1) is 0 Å². The smallest absolute Gasteiger partial charge is 0.378 e. The van der Waals surface area contributed by atoms with Crippen molar-refractivity contribution in [3.63, 3.8) is 0 Å². The minimum atomic E-state index is -4.70. The Labute approximate surface area is 172 Å². The van der Waals surface area contributed by atoms with Crippen LogP contribution in [0.2, 0.25) is 0 Å². The largest absolute Gasteiger partial charge is 0.418 e. The van der Waals surface area contributed by atoms with Gasteiger partial charge in [0.05, 0.1) is 37.0 Å². The standard InChI is InChI=1S/C20H25F3N2O5/c21-20(22,23)15-11-13(24-19(27)17-4-2-9-30-17)5-6-16(15)25-18(26)7-10-28-12-14-3-1-8-29-14/h5-6,11,14,17H,1-4,7-10,12H2,(H,24,27)(H,25,26). The Morgan fingerprint density at radius 3 is 2.53 bits per heavy atom. The number of hydrogen-bond donors (Lipinski definition) is 2. The Bertz CT molecular complexity index is 744. The zero-order chi connectivity index (χ0) is 21.6. The summed E-state index contributed by atoms with van der Waals surface area (Å²) in [6, 6.07) is 3.24. The molecule has 2 atom stereocenters. The number of benzene rings is 1. The lowest BCUT2D eigenvalue weighted by atomic mass is 10.1. The lowest BCUT2D eigenvalue weighted by Gasteiger charge is -2.17. The molecule has 2 unspecified atom stereocenters. The number of amides is 2. The molecule has 10 heteroatoms. The number of ether oxygens (including phenoxy) is 3. The van der Waals surface area contributed by atoms with Crippen LogP contribution in [0.15, 0.2) is 18.2 Å². The maximum absolute atomic E-state index is 13.5. The average molecular weight is 430 g/mol. The fourth-order valence-corrected chi connectivity index (χ4v) is 3.34. The third-order valence-corrected chi connectivity index (χ3v) is 4.89. The summed E-state index contributed by atoms with van der Waals surface area (Å²) >= 11 is 0. The Kier molecular flexibility index (Phi) is 7.68. The second-order valence-electron chi connectivity index (χ2n) is 7.26. The van der Waals surface area contributed by atoms with Gasteiger partial charge in [-0.15, -0.1) is 0 Å². The van der Waals surface area contributed by atoms with Gasteiger partial charge >= 0.3 is 6.18 Å². The number of rotatable bonds is 8. The van der Waals surface area contributed by atoms with Gasteiger partial charge in [-0.3, -0.25) is 9.59 Å². The summed E-state index contributed by atoms with van der Waals surface area (Å²) in [4.78, 5) is 24.1. The van der Waals surface area contributed by atoms with Gasteiger partial charge in [0, 0.05) is 18.9 Å². The molecular formula is C20H25F3N2O5. The van der Waals surface area contributed by atoms with Gasteiger partial charge in [-0.2, -0.15) is 13.2 Å². The molecule has 0 aliphatic carbocycles. The van der Waals surface area contributed by atoms with E-state index in [4.69, 9.17) is 14.2 Å². The maximum atomic E-state index is 13.5. The SMILES string of the molecule is O=C(CCOCC1CCCO1)Nc1ccc(NC(=O)C2CCCO2)cc1C(F)(F)F. The van der Waals surface area contributed by atoms with Crippen molar-refractivity contribution >= 4 is 23.2 Å². The molecule has 0 aromatic heterocycles. The van der Waals surface area contributed by atoms with Crippen LogP contribution in [-0.4, -0.2) is 50.4 Å². The lowest BCUT2D eigenvalue weighted by molar-refractivity contribution is -0.137. The summed E-state index contributed by atoms with van der Waals surface area (Å²) in [6.45, 7) is 1.59. The fourth-order valence-electron chi connectivity index (χ4n) is 3.34. The van der Waals surface area contributed by atoms with E-state index in [1.807, 2.05) is 0 Å². The number of carbonyl (C=O) groups is 2. The van der Waals surface area contributed by atoms with Crippen LogP contribution in [0.3, 0.4) is 0 Å². The van der Waals surface area contributed by atoms with Crippen LogP contribution < -0.4 is 10.6 Å². The predicted octanol–water partition coefficient (Wildman–Crippen LogP) is 3.35. The molecule has 1 aromatic rings. The van der Waals surface area contributed by atoms with E-state index in [0.717, 1.165) is 31.4 Å². The van der Waals surface area contributed by atoms with Crippen LogP contribution in [-0.2, 0) is 30.0 Å². The minimum absolute atomic E-state index is 0.0132. The number of alkyl halides is 3. The first kappa shape index (κ1) is 22.5. The van der Waals surface area contributed by atoms with Crippen molar-refractivity contribution in [2.75, 3.05) is 37.1 Å². The fraction of sp³-hybridized carbons (Fsp3) is 0.600. The number of hydrogen-bond acceptors (Lipinski definition) is 5. The molecule has 2 fully saturated rings. The first-order valence-electron chi connectivity index (χ1n) is 9.96. The highest BCUT2D eigenvalue weighted by Gasteiger charge is 2.34. The molecule has 2 N–H and O–H groups in total. The van der Waals surface area contributed by atoms with Crippen molar-refractivity contribution < 1.29 is 37.0 Å². The topological polar surface area (TPSA) is 85.9 Å². The van der Waals surface area contributed by atoms with E-state index in [1.54, 1.807) is 0 Å². The number of nitrogens with one attached hydrogen (secondary N) is 2. The van der Waals surface area contributed by atoms with Gasteiger partial charge < -0.3 is 24.8 Å². The van der Waals surface area contributed by atoms with Gasteiger partial charge in [-0.25, -0.2) is 0 Å². The van der Waals surface area contributed by atoms with E-state index in [9.17, 15) is 22.8 Å². The van der Waals surface area contributed by atoms with Gasteiger partial charge in [-0.05, 0) is 43.9 Å². The predicted molar refractivity (Wildman–Crippen MR) is 102 cm³/mol. The highest BCUT2D eigenvalue weighted by Crippen LogP contribution is 2.36. The molecule has 0 radical (unpaired) electrons.